The summed E-state index contributed by atoms with van der Waals surface area (Å²) in [5, 5.41) is 0. The van der Waals surface area contributed by atoms with Crippen LogP contribution >= 0.6 is 11.6 Å². The lowest BCUT2D eigenvalue weighted by atomic mass is 10.8. The fraction of sp³-hybridized carbons (Fsp3) is 0.333. The minimum atomic E-state index is -4.67. The van der Waals surface area contributed by atoms with Gasteiger partial charge in [0.1, 0.15) is 0 Å². The summed E-state index contributed by atoms with van der Waals surface area (Å²) < 4.78 is 31.6. The number of hydrogen-bond donors (Lipinski definition) is 2. The third-order valence-corrected chi connectivity index (χ3v) is 0.378. The molecular formula is C3H7ClO4S. The van der Waals surface area contributed by atoms with Crippen molar-refractivity contribution in [1.82, 2.24) is 0 Å². The highest BCUT2D eigenvalue weighted by Gasteiger charge is 1.84. The number of allylic oxidation sites excluding steroid dienone is 1. The highest BCUT2D eigenvalue weighted by molar-refractivity contribution is 7.79. The van der Waals surface area contributed by atoms with Gasteiger partial charge in [-0.05, 0) is 12.5 Å². The molecule has 0 aromatic heterocycles. The molecule has 0 aliphatic rings. The molecule has 2 N–H and O–H groups in total. The summed E-state index contributed by atoms with van der Waals surface area (Å²) in [6, 6.07) is 0. The fourth-order valence-corrected chi connectivity index (χ4v) is 0. The molecule has 0 aliphatic heterocycles. The van der Waals surface area contributed by atoms with Gasteiger partial charge in [0.25, 0.3) is 0 Å². The third-order valence-electron chi connectivity index (χ3n) is 0.126. The maximum Gasteiger partial charge on any atom is 0.394 e. The summed E-state index contributed by atoms with van der Waals surface area (Å²) in [6.45, 7) is 1.87. The molecule has 0 saturated carbocycles. The fourth-order valence-electron chi connectivity index (χ4n) is 0. The Hall–Kier alpha value is -0.100. The zero-order valence-electron chi connectivity index (χ0n) is 4.65. The minimum absolute atomic E-state index is 1.47. The van der Waals surface area contributed by atoms with Gasteiger partial charge in [-0.1, -0.05) is 17.7 Å². The second-order valence-electron chi connectivity index (χ2n) is 0.907. The zero-order valence-corrected chi connectivity index (χ0v) is 6.22. The van der Waals surface area contributed by atoms with E-state index < -0.39 is 10.4 Å². The first kappa shape index (κ1) is 11.7. The van der Waals surface area contributed by atoms with Crippen LogP contribution in [-0.4, -0.2) is 17.5 Å². The molecule has 0 unspecified atom stereocenters. The molecule has 4 nitrogen and oxygen atoms in total. The van der Waals surface area contributed by atoms with Crippen LogP contribution in [0.25, 0.3) is 0 Å². The van der Waals surface area contributed by atoms with E-state index in [-0.39, 0.29) is 0 Å². The average molecular weight is 175 g/mol. The number of halogens is 1. The minimum Gasteiger partial charge on any atom is -0.264 e. The SMILES string of the molecule is CC=CCl.O=S(=O)(O)O. The van der Waals surface area contributed by atoms with E-state index in [1.165, 1.54) is 5.54 Å². The summed E-state index contributed by atoms with van der Waals surface area (Å²) in [5.41, 5.74) is 1.47. The van der Waals surface area contributed by atoms with Crippen molar-refractivity contribution in [3.63, 3.8) is 0 Å². The quantitative estimate of drug-likeness (QED) is 0.540. The summed E-state index contributed by atoms with van der Waals surface area (Å²) in [6.07, 6.45) is 1.77. The topological polar surface area (TPSA) is 74.6 Å². The Labute approximate surface area is 58.7 Å². The summed E-state index contributed by atoms with van der Waals surface area (Å²) in [5.74, 6) is 0. The smallest absolute Gasteiger partial charge is 0.264 e. The molecular weight excluding hydrogens is 168 g/mol. The van der Waals surface area contributed by atoms with E-state index in [9.17, 15) is 0 Å². The van der Waals surface area contributed by atoms with Crippen molar-refractivity contribution in [2.24, 2.45) is 0 Å². The summed E-state index contributed by atoms with van der Waals surface area (Å²) in [4.78, 5) is 0. The molecule has 0 heterocycles. The van der Waals surface area contributed by atoms with E-state index in [4.69, 9.17) is 29.1 Å². The van der Waals surface area contributed by atoms with Crippen molar-refractivity contribution in [3.8, 4) is 0 Å². The Balaban J connectivity index is 0. The van der Waals surface area contributed by atoms with Crippen LogP contribution in [0.1, 0.15) is 6.92 Å². The van der Waals surface area contributed by atoms with Gasteiger partial charge in [-0.2, -0.15) is 8.42 Å². The Kier molecular flexibility index (Phi) is 7.81. The molecule has 0 saturated heterocycles. The Bertz CT molecular complexity index is 147. The van der Waals surface area contributed by atoms with Gasteiger partial charge in [0, 0.05) is 0 Å². The molecule has 0 aromatic rings. The average Bonchev–Trinajstić information content (AvgIpc) is 1.61. The van der Waals surface area contributed by atoms with Gasteiger partial charge in [-0.15, -0.1) is 0 Å². The van der Waals surface area contributed by atoms with Crippen molar-refractivity contribution in [2.75, 3.05) is 0 Å². The van der Waals surface area contributed by atoms with Crippen LogP contribution in [0.2, 0.25) is 0 Å². The molecule has 0 rings (SSSR count). The Morgan fingerprint density at radius 3 is 1.56 bits per heavy atom. The summed E-state index contributed by atoms with van der Waals surface area (Å²) in [7, 11) is -4.67. The Morgan fingerprint density at radius 2 is 1.56 bits per heavy atom. The predicted octanol–water partition coefficient (Wildman–Crippen LogP) is 1.11. The van der Waals surface area contributed by atoms with Crippen LogP contribution in [0.4, 0.5) is 0 Å². The normalized spacial score (nSPS) is 10.7. The molecule has 6 heteroatoms. The standard InChI is InChI=1S/C3H5Cl.H2O4S/c1-2-3-4;1-5(2,3)4/h2-3H,1H3;(H2,1,2,3,4). The first-order valence-electron chi connectivity index (χ1n) is 1.83. The lowest BCUT2D eigenvalue weighted by Crippen LogP contribution is -1.89. The lowest BCUT2D eigenvalue weighted by Gasteiger charge is -1.68. The molecule has 0 aromatic carbocycles. The first-order valence-corrected chi connectivity index (χ1v) is 3.66. The van der Waals surface area contributed by atoms with Crippen LogP contribution in [-0.2, 0) is 10.4 Å². The largest absolute Gasteiger partial charge is 0.394 e. The molecule has 0 atom stereocenters. The maximum absolute atomic E-state index is 8.74. The molecule has 0 fully saturated rings. The van der Waals surface area contributed by atoms with E-state index in [1.54, 1.807) is 6.08 Å². The van der Waals surface area contributed by atoms with E-state index in [1.807, 2.05) is 6.92 Å². The highest BCUT2D eigenvalue weighted by atomic mass is 35.5. The van der Waals surface area contributed by atoms with Gasteiger partial charge in [-0.3, -0.25) is 9.11 Å². The van der Waals surface area contributed by atoms with Gasteiger partial charge in [0.15, 0.2) is 0 Å². The first-order chi connectivity index (χ1) is 3.91. The molecule has 0 radical (unpaired) electrons. The van der Waals surface area contributed by atoms with Gasteiger partial charge >= 0.3 is 10.4 Å². The van der Waals surface area contributed by atoms with Crippen LogP contribution < -0.4 is 0 Å². The van der Waals surface area contributed by atoms with Crippen molar-refractivity contribution in [3.05, 3.63) is 11.6 Å². The van der Waals surface area contributed by atoms with Crippen molar-refractivity contribution in [1.29, 1.82) is 0 Å². The highest BCUT2D eigenvalue weighted by Crippen LogP contribution is 1.70. The van der Waals surface area contributed by atoms with Gasteiger partial charge < -0.3 is 0 Å². The third kappa shape index (κ3) is 340. The molecule has 0 bridgehead atoms. The van der Waals surface area contributed by atoms with Gasteiger partial charge in [0.05, 0.1) is 0 Å². The predicted molar refractivity (Wildman–Crippen MR) is 34.8 cm³/mol. The molecule has 9 heavy (non-hydrogen) atoms. The van der Waals surface area contributed by atoms with Crippen molar-refractivity contribution in [2.45, 2.75) is 6.92 Å². The van der Waals surface area contributed by atoms with Crippen molar-refractivity contribution < 1.29 is 17.5 Å². The second-order valence-corrected chi connectivity index (χ2v) is 2.05. The van der Waals surface area contributed by atoms with Crippen LogP contribution in [0, 0.1) is 0 Å². The summed E-state index contributed by atoms with van der Waals surface area (Å²) >= 11 is 5.01. The zero-order chi connectivity index (χ0) is 7.91. The maximum atomic E-state index is 8.74. The monoisotopic (exact) mass is 174 g/mol. The molecule has 0 spiro atoms. The number of hydrogen-bond acceptors (Lipinski definition) is 2. The van der Waals surface area contributed by atoms with Gasteiger partial charge in [0.2, 0.25) is 0 Å². The van der Waals surface area contributed by atoms with Crippen molar-refractivity contribution >= 4 is 22.0 Å². The van der Waals surface area contributed by atoms with Crippen LogP contribution in [0.15, 0.2) is 11.6 Å². The van der Waals surface area contributed by atoms with Crippen LogP contribution in [0.3, 0.4) is 0 Å². The van der Waals surface area contributed by atoms with Gasteiger partial charge in [-0.25, -0.2) is 0 Å². The van der Waals surface area contributed by atoms with Crippen LogP contribution in [0.5, 0.6) is 0 Å². The number of rotatable bonds is 0. The van der Waals surface area contributed by atoms with E-state index in [0.717, 1.165) is 0 Å². The van der Waals surface area contributed by atoms with E-state index in [0.29, 0.717) is 0 Å². The second kappa shape index (κ2) is 6.03. The van der Waals surface area contributed by atoms with E-state index >= 15 is 0 Å². The van der Waals surface area contributed by atoms with E-state index in [2.05, 4.69) is 0 Å². The lowest BCUT2D eigenvalue weighted by molar-refractivity contribution is 0.381. The molecule has 0 amide bonds. The molecule has 0 aliphatic carbocycles. The molecule has 56 valence electrons. The Morgan fingerprint density at radius 1 is 1.44 bits per heavy atom.